The van der Waals surface area contributed by atoms with Crippen LogP contribution in [-0.2, 0) is 0 Å². The molecule has 1 aliphatic heterocycles. The minimum Gasteiger partial charge on any atom is -0.382 e. The lowest BCUT2D eigenvalue weighted by Crippen LogP contribution is -2.30. The third kappa shape index (κ3) is 2.13. The lowest BCUT2D eigenvalue weighted by atomic mass is 10.1. The van der Waals surface area contributed by atoms with Gasteiger partial charge >= 0.3 is 0 Å². The summed E-state index contributed by atoms with van der Waals surface area (Å²) in [6, 6.07) is 16.4. The molecule has 0 atom stereocenters. The molecule has 0 spiro atoms. The molecule has 0 unspecified atom stereocenters. The topological polar surface area (TPSA) is 39.1 Å². The Morgan fingerprint density at radius 1 is 1.21 bits per heavy atom. The highest BCUT2D eigenvalue weighted by molar-refractivity contribution is 5.79. The van der Waals surface area contributed by atoms with Crippen LogP contribution < -0.4 is 10.2 Å². The van der Waals surface area contributed by atoms with Crippen LogP contribution in [0.3, 0.4) is 0 Å². The van der Waals surface area contributed by atoms with Gasteiger partial charge in [0.2, 0.25) is 0 Å². The maximum Gasteiger partial charge on any atom is 0.0992 e. The molecule has 0 amide bonds. The summed E-state index contributed by atoms with van der Waals surface area (Å²) in [5.74, 6) is 0. The van der Waals surface area contributed by atoms with Gasteiger partial charge < -0.3 is 10.2 Å². The average molecular weight is 249 g/mol. The van der Waals surface area contributed by atoms with E-state index in [4.69, 9.17) is 5.26 Å². The molecule has 0 aliphatic carbocycles. The summed E-state index contributed by atoms with van der Waals surface area (Å²) in [5, 5.41) is 12.4. The first-order chi connectivity index (χ1) is 9.28. The van der Waals surface area contributed by atoms with E-state index >= 15 is 0 Å². The van der Waals surface area contributed by atoms with Crippen molar-refractivity contribution in [3.63, 3.8) is 0 Å². The Bertz CT molecular complexity index is 655. The summed E-state index contributed by atoms with van der Waals surface area (Å²) in [5.41, 5.74) is 5.29. The fraction of sp³-hybridized carbons (Fsp3) is 0.188. The number of nitrogens with zero attached hydrogens (tertiary/aromatic N) is 2. The molecule has 1 heterocycles. The lowest BCUT2D eigenvalue weighted by Gasteiger charge is -2.32. The van der Waals surface area contributed by atoms with Crippen molar-refractivity contribution in [2.45, 2.75) is 6.92 Å². The molecule has 0 aromatic heterocycles. The fourth-order valence-corrected chi connectivity index (χ4v) is 2.46. The Hall–Kier alpha value is -2.47. The van der Waals surface area contributed by atoms with E-state index in [1.165, 1.54) is 11.3 Å². The molecule has 2 aromatic rings. The van der Waals surface area contributed by atoms with Crippen LogP contribution in [0.15, 0.2) is 42.5 Å². The zero-order valence-electron chi connectivity index (χ0n) is 10.9. The van der Waals surface area contributed by atoms with E-state index in [1.807, 2.05) is 18.2 Å². The van der Waals surface area contributed by atoms with Crippen molar-refractivity contribution in [3.05, 3.63) is 53.6 Å². The highest BCUT2D eigenvalue weighted by atomic mass is 15.2. The maximum absolute atomic E-state index is 9.05. The number of nitrogens with one attached hydrogen (secondary N) is 1. The smallest absolute Gasteiger partial charge is 0.0992 e. The largest absolute Gasteiger partial charge is 0.382 e. The van der Waals surface area contributed by atoms with Crippen LogP contribution in [0.4, 0.5) is 17.1 Å². The minimum absolute atomic E-state index is 0.695. The summed E-state index contributed by atoms with van der Waals surface area (Å²) in [6.07, 6.45) is 0. The molecule has 0 radical (unpaired) electrons. The Morgan fingerprint density at radius 3 is 2.89 bits per heavy atom. The third-order valence-corrected chi connectivity index (χ3v) is 3.38. The van der Waals surface area contributed by atoms with Crippen LogP contribution in [0.2, 0.25) is 0 Å². The first kappa shape index (κ1) is 11.6. The number of benzene rings is 2. The molecule has 0 saturated heterocycles. The monoisotopic (exact) mass is 249 g/mol. The van der Waals surface area contributed by atoms with E-state index in [-0.39, 0.29) is 0 Å². The second kappa shape index (κ2) is 4.66. The summed E-state index contributed by atoms with van der Waals surface area (Å²) < 4.78 is 0. The van der Waals surface area contributed by atoms with Gasteiger partial charge in [-0.15, -0.1) is 0 Å². The van der Waals surface area contributed by atoms with Gasteiger partial charge in [0.15, 0.2) is 0 Å². The maximum atomic E-state index is 9.05. The van der Waals surface area contributed by atoms with Gasteiger partial charge in [-0.2, -0.15) is 5.26 Å². The van der Waals surface area contributed by atoms with Gasteiger partial charge in [0.05, 0.1) is 23.0 Å². The van der Waals surface area contributed by atoms with Crippen molar-refractivity contribution in [2.75, 3.05) is 23.3 Å². The van der Waals surface area contributed by atoms with Crippen LogP contribution >= 0.6 is 0 Å². The predicted molar refractivity (Wildman–Crippen MR) is 77.8 cm³/mol. The molecule has 3 nitrogen and oxygen atoms in total. The molecule has 1 aliphatic rings. The number of hydrogen-bond acceptors (Lipinski definition) is 3. The molecule has 94 valence electrons. The number of hydrogen-bond donors (Lipinski definition) is 1. The SMILES string of the molecule is Cc1cccc(N2CCNc3ccc(C#N)cc32)c1. The summed E-state index contributed by atoms with van der Waals surface area (Å²) in [4.78, 5) is 2.26. The van der Waals surface area contributed by atoms with Crippen molar-refractivity contribution < 1.29 is 0 Å². The Morgan fingerprint density at radius 2 is 2.11 bits per heavy atom. The second-order valence-electron chi connectivity index (χ2n) is 4.76. The summed E-state index contributed by atoms with van der Waals surface area (Å²) in [7, 11) is 0. The molecular formula is C16H15N3. The highest BCUT2D eigenvalue weighted by Crippen LogP contribution is 2.35. The average Bonchev–Trinajstić information content (AvgIpc) is 2.46. The fourth-order valence-electron chi connectivity index (χ4n) is 2.46. The molecular weight excluding hydrogens is 234 g/mol. The highest BCUT2D eigenvalue weighted by Gasteiger charge is 2.18. The molecule has 0 bridgehead atoms. The molecule has 0 fully saturated rings. The first-order valence-corrected chi connectivity index (χ1v) is 6.40. The molecule has 3 heteroatoms. The summed E-state index contributed by atoms with van der Waals surface area (Å²) in [6.45, 7) is 3.91. The van der Waals surface area contributed by atoms with Crippen molar-refractivity contribution in [3.8, 4) is 6.07 Å². The molecule has 0 saturated carbocycles. The Balaban J connectivity index is 2.09. The lowest BCUT2D eigenvalue weighted by molar-refractivity contribution is 0.925. The molecule has 19 heavy (non-hydrogen) atoms. The van der Waals surface area contributed by atoms with E-state index in [0.29, 0.717) is 5.56 Å². The van der Waals surface area contributed by atoms with Crippen molar-refractivity contribution in [1.82, 2.24) is 0 Å². The van der Waals surface area contributed by atoms with E-state index < -0.39 is 0 Å². The Labute approximate surface area is 113 Å². The number of aryl methyl sites for hydroxylation is 1. The van der Waals surface area contributed by atoms with Crippen LogP contribution in [0.5, 0.6) is 0 Å². The van der Waals surface area contributed by atoms with Crippen molar-refractivity contribution in [2.24, 2.45) is 0 Å². The third-order valence-electron chi connectivity index (χ3n) is 3.38. The minimum atomic E-state index is 0.695. The van der Waals surface area contributed by atoms with Gasteiger partial charge in [-0.25, -0.2) is 0 Å². The van der Waals surface area contributed by atoms with Crippen LogP contribution in [0.25, 0.3) is 0 Å². The number of fused-ring (bicyclic) bond motifs is 1. The second-order valence-corrected chi connectivity index (χ2v) is 4.76. The van der Waals surface area contributed by atoms with Crippen LogP contribution in [0.1, 0.15) is 11.1 Å². The van der Waals surface area contributed by atoms with Gasteiger partial charge in [0, 0.05) is 18.8 Å². The van der Waals surface area contributed by atoms with Gasteiger partial charge in [-0.3, -0.25) is 0 Å². The van der Waals surface area contributed by atoms with Crippen molar-refractivity contribution >= 4 is 17.1 Å². The van der Waals surface area contributed by atoms with Gasteiger partial charge in [0.1, 0.15) is 0 Å². The van der Waals surface area contributed by atoms with Crippen molar-refractivity contribution in [1.29, 1.82) is 5.26 Å². The quantitative estimate of drug-likeness (QED) is 0.841. The zero-order chi connectivity index (χ0) is 13.2. The Kier molecular flexibility index (Phi) is 2.85. The predicted octanol–water partition coefficient (Wildman–Crippen LogP) is 3.43. The standard InChI is InChI=1S/C16H15N3/c1-12-3-2-4-14(9-12)19-8-7-18-15-6-5-13(11-17)10-16(15)19/h2-6,9-10,18H,7-8H2,1H3. The van der Waals surface area contributed by atoms with Gasteiger partial charge in [-0.05, 0) is 42.8 Å². The van der Waals surface area contributed by atoms with E-state index in [9.17, 15) is 0 Å². The van der Waals surface area contributed by atoms with E-state index in [0.717, 1.165) is 24.5 Å². The number of anilines is 3. The van der Waals surface area contributed by atoms with E-state index in [2.05, 4.69) is 47.5 Å². The van der Waals surface area contributed by atoms with E-state index in [1.54, 1.807) is 0 Å². The molecule has 3 rings (SSSR count). The normalized spacial score (nSPS) is 13.4. The molecule has 1 N–H and O–H groups in total. The van der Waals surface area contributed by atoms with Gasteiger partial charge in [0.25, 0.3) is 0 Å². The van der Waals surface area contributed by atoms with Crippen LogP contribution in [-0.4, -0.2) is 13.1 Å². The van der Waals surface area contributed by atoms with Crippen LogP contribution in [0, 0.1) is 18.3 Å². The zero-order valence-corrected chi connectivity index (χ0v) is 10.9. The van der Waals surface area contributed by atoms with Gasteiger partial charge in [-0.1, -0.05) is 12.1 Å². The summed E-state index contributed by atoms with van der Waals surface area (Å²) >= 11 is 0. The number of rotatable bonds is 1. The molecule has 2 aromatic carbocycles. The number of nitriles is 1. The first-order valence-electron chi connectivity index (χ1n) is 6.40.